The first-order valence-corrected chi connectivity index (χ1v) is 9.12. The third kappa shape index (κ3) is 3.26. The molecule has 24 heavy (non-hydrogen) atoms. The number of nitrogens with one attached hydrogen (secondary N) is 3. The lowest BCUT2D eigenvalue weighted by atomic mass is 10.2. The summed E-state index contributed by atoms with van der Waals surface area (Å²) in [6, 6.07) is 6.30. The van der Waals surface area contributed by atoms with E-state index in [1.807, 2.05) is 0 Å². The highest BCUT2D eigenvalue weighted by atomic mass is 32.2. The van der Waals surface area contributed by atoms with Crippen LogP contribution in [-0.2, 0) is 14.8 Å². The number of anilines is 1. The maximum Gasteiger partial charge on any atom is 0.292 e. The predicted octanol–water partition coefficient (Wildman–Crippen LogP) is 0.777. The van der Waals surface area contributed by atoms with E-state index in [0.29, 0.717) is 24.5 Å². The molecule has 0 atom stereocenters. The van der Waals surface area contributed by atoms with Gasteiger partial charge >= 0.3 is 0 Å². The zero-order chi connectivity index (χ0) is 17.2. The van der Waals surface area contributed by atoms with Crippen LogP contribution in [0.2, 0.25) is 0 Å². The summed E-state index contributed by atoms with van der Waals surface area (Å²) in [5, 5.41) is 3.97. The second-order valence-electron chi connectivity index (χ2n) is 5.62. The van der Waals surface area contributed by atoms with Crippen LogP contribution < -0.4 is 16.3 Å². The molecule has 8 nitrogen and oxygen atoms in total. The molecule has 0 aliphatic carbocycles. The molecular weight excluding hydrogens is 330 g/mol. The Bertz CT molecular complexity index is 762. The Morgan fingerprint density at radius 1 is 1.08 bits per heavy atom. The second-order valence-corrected chi connectivity index (χ2v) is 7.56. The van der Waals surface area contributed by atoms with Crippen LogP contribution in [0.25, 0.3) is 0 Å². The predicted molar refractivity (Wildman–Crippen MR) is 90.5 cm³/mol. The Kier molecular flexibility index (Phi) is 4.54. The van der Waals surface area contributed by atoms with Gasteiger partial charge in [0, 0.05) is 13.1 Å². The van der Waals surface area contributed by atoms with Gasteiger partial charge in [-0.25, -0.2) is 8.42 Å². The summed E-state index contributed by atoms with van der Waals surface area (Å²) in [5.74, 6) is -0.378. The van der Waals surface area contributed by atoms with Crippen LogP contribution in [0.4, 0.5) is 5.69 Å². The molecule has 1 aromatic carbocycles. The zero-order valence-electron chi connectivity index (χ0n) is 13.1. The Hall–Kier alpha value is -2.39. The van der Waals surface area contributed by atoms with Gasteiger partial charge in [0.25, 0.3) is 5.91 Å². The van der Waals surface area contributed by atoms with Crippen LogP contribution in [-0.4, -0.2) is 37.4 Å². The molecular formula is C15H19N5O3S. The molecule has 0 saturated carbocycles. The molecule has 2 saturated heterocycles. The molecule has 128 valence electrons. The molecule has 2 fully saturated rings. The summed E-state index contributed by atoms with van der Waals surface area (Å²) < 4.78 is 26.6. The molecule has 2 aliphatic rings. The van der Waals surface area contributed by atoms with Crippen molar-refractivity contribution in [3.8, 4) is 0 Å². The van der Waals surface area contributed by atoms with Gasteiger partial charge in [-0.2, -0.15) is 9.41 Å². The summed E-state index contributed by atoms with van der Waals surface area (Å²) in [7, 11) is -3.45. The van der Waals surface area contributed by atoms with Gasteiger partial charge < -0.3 is 0 Å². The van der Waals surface area contributed by atoms with Gasteiger partial charge in [-0.15, -0.1) is 0 Å². The van der Waals surface area contributed by atoms with Crippen molar-refractivity contribution in [2.45, 2.75) is 24.2 Å². The number of benzene rings is 1. The van der Waals surface area contributed by atoms with Crippen molar-refractivity contribution in [2.24, 2.45) is 5.10 Å². The number of carbonyl (C=O) groups excluding carboxylic acids is 1. The fraction of sp³-hybridized carbons (Fsp3) is 0.333. The lowest BCUT2D eigenvalue weighted by Gasteiger charge is -2.25. The fourth-order valence-corrected chi connectivity index (χ4v) is 4.10. The van der Waals surface area contributed by atoms with Crippen molar-refractivity contribution in [1.29, 1.82) is 0 Å². The van der Waals surface area contributed by atoms with Crippen molar-refractivity contribution in [3.05, 3.63) is 36.5 Å². The third-order valence-electron chi connectivity index (χ3n) is 3.93. The first-order chi connectivity index (χ1) is 11.5. The Balaban J connectivity index is 1.72. The minimum Gasteiger partial charge on any atom is -0.296 e. The molecule has 2 aliphatic heterocycles. The fourth-order valence-electron chi connectivity index (χ4n) is 2.58. The number of hydrogen-bond acceptors (Lipinski definition) is 6. The van der Waals surface area contributed by atoms with Gasteiger partial charge in [0.15, 0.2) is 5.71 Å². The van der Waals surface area contributed by atoms with Gasteiger partial charge in [0.2, 0.25) is 10.0 Å². The number of hydrazine groups is 1. The van der Waals surface area contributed by atoms with Gasteiger partial charge in [0.1, 0.15) is 0 Å². The van der Waals surface area contributed by atoms with E-state index in [0.717, 1.165) is 19.3 Å². The first kappa shape index (κ1) is 16.5. The molecule has 0 spiro atoms. The zero-order valence-corrected chi connectivity index (χ0v) is 13.9. The van der Waals surface area contributed by atoms with E-state index in [2.05, 4.69) is 28.0 Å². The van der Waals surface area contributed by atoms with E-state index in [1.165, 1.54) is 16.4 Å². The number of carbonyl (C=O) groups is 1. The van der Waals surface area contributed by atoms with E-state index >= 15 is 0 Å². The number of nitrogens with zero attached hydrogens (tertiary/aromatic N) is 2. The minimum absolute atomic E-state index is 0.153. The van der Waals surface area contributed by atoms with Crippen molar-refractivity contribution in [3.63, 3.8) is 0 Å². The Morgan fingerprint density at radius 3 is 2.33 bits per heavy atom. The highest BCUT2D eigenvalue weighted by Crippen LogP contribution is 2.22. The summed E-state index contributed by atoms with van der Waals surface area (Å²) in [6.07, 6.45) is 2.87. The highest BCUT2D eigenvalue weighted by Gasteiger charge is 2.26. The standard InChI is InChI=1S/C15H19N5O3S/c1-11-14(15(21)19-16-11)18-17-12-5-7-13(8-6-12)24(22,23)20-9-3-2-4-10-20/h5-8,16-17H,1-4,9-10H2,(H,19,21)/b18-14+. The van der Waals surface area contributed by atoms with Crippen LogP contribution in [0.1, 0.15) is 19.3 Å². The summed E-state index contributed by atoms with van der Waals surface area (Å²) >= 11 is 0. The maximum absolute atomic E-state index is 12.6. The van der Waals surface area contributed by atoms with Gasteiger partial charge in [-0.05, 0) is 37.1 Å². The number of sulfonamides is 1. The van der Waals surface area contributed by atoms with E-state index in [4.69, 9.17) is 0 Å². The van der Waals surface area contributed by atoms with Crippen molar-refractivity contribution >= 4 is 27.3 Å². The molecule has 3 rings (SSSR count). The number of rotatable bonds is 4. The smallest absolute Gasteiger partial charge is 0.292 e. The molecule has 0 radical (unpaired) electrons. The van der Waals surface area contributed by atoms with Crippen LogP contribution >= 0.6 is 0 Å². The van der Waals surface area contributed by atoms with Crippen LogP contribution in [0, 0.1) is 0 Å². The molecule has 0 unspecified atom stereocenters. The van der Waals surface area contributed by atoms with Crippen molar-refractivity contribution in [2.75, 3.05) is 18.5 Å². The second kappa shape index (κ2) is 6.62. The minimum atomic E-state index is -3.45. The van der Waals surface area contributed by atoms with Crippen LogP contribution in [0.3, 0.4) is 0 Å². The largest absolute Gasteiger partial charge is 0.296 e. The average Bonchev–Trinajstić information content (AvgIpc) is 2.92. The number of hydrogen-bond donors (Lipinski definition) is 3. The lowest BCUT2D eigenvalue weighted by molar-refractivity contribution is -0.114. The molecule has 1 aromatic rings. The van der Waals surface area contributed by atoms with Crippen molar-refractivity contribution < 1.29 is 13.2 Å². The van der Waals surface area contributed by atoms with Crippen molar-refractivity contribution in [1.82, 2.24) is 15.2 Å². The SMILES string of the molecule is C=C1NNC(=O)/C1=N/Nc1ccc(S(=O)(=O)N2CCCCC2)cc1. The highest BCUT2D eigenvalue weighted by molar-refractivity contribution is 7.89. The summed E-state index contributed by atoms with van der Waals surface area (Å²) in [5.41, 5.74) is 8.77. The summed E-state index contributed by atoms with van der Waals surface area (Å²) in [4.78, 5) is 11.7. The molecule has 1 amide bonds. The maximum atomic E-state index is 12.6. The lowest BCUT2D eigenvalue weighted by Crippen LogP contribution is -2.35. The topological polar surface area (TPSA) is 103 Å². The van der Waals surface area contributed by atoms with Gasteiger partial charge in [-0.3, -0.25) is 21.1 Å². The first-order valence-electron chi connectivity index (χ1n) is 7.68. The average molecular weight is 349 g/mol. The van der Waals surface area contributed by atoms with E-state index in [9.17, 15) is 13.2 Å². The molecule has 3 N–H and O–H groups in total. The van der Waals surface area contributed by atoms with Crippen LogP contribution in [0.15, 0.2) is 46.5 Å². The van der Waals surface area contributed by atoms with Gasteiger partial charge in [0.05, 0.1) is 16.3 Å². The third-order valence-corrected chi connectivity index (χ3v) is 5.84. The van der Waals surface area contributed by atoms with Crippen LogP contribution in [0.5, 0.6) is 0 Å². The molecule has 0 bridgehead atoms. The van der Waals surface area contributed by atoms with Gasteiger partial charge in [-0.1, -0.05) is 13.0 Å². The Labute approximate surface area is 140 Å². The number of amides is 1. The number of hydrazone groups is 1. The monoisotopic (exact) mass is 349 g/mol. The molecule has 2 heterocycles. The molecule has 0 aromatic heterocycles. The Morgan fingerprint density at radius 2 is 1.75 bits per heavy atom. The number of piperidine rings is 1. The quantitative estimate of drug-likeness (QED) is 0.697. The normalized spacial score (nSPS) is 20.8. The summed E-state index contributed by atoms with van der Waals surface area (Å²) in [6.45, 7) is 4.79. The van der Waals surface area contributed by atoms with E-state index < -0.39 is 10.0 Å². The van der Waals surface area contributed by atoms with E-state index in [1.54, 1.807) is 12.1 Å². The van der Waals surface area contributed by atoms with E-state index in [-0.39, 0.29) is 16.5 Å². The molecule has 9 heteroatoms.